The van der Waals surface area contributed by atoms with Crippen molar-refractivity contribution in [3.05, 3.63) is 53.7 Å². The van der Waals surface area contributed by atoms with Gasteiger partial charge < -0.3 is 25.1 Å². The van der Waals surface area contributed by atoms with Gasteiger partial charge in [-0.15, -0.1) is 0 Å². The van der Waals surface area contributed by atoms with Gasteiger partial charge in [0.15, 0.2) is 11.6 Å². The van der Waals surface area contributed by atoms with Crippen LogP contribution in [-0.2, 0) is 0 Å². The van der Waals surface area contributed by atoms with E-state index in [-0.39, 0.29) is 29.6 Å². The fourth-order valence-electron chi connectivity index (χ4n) is 4.79. The van der Waals surface area contributed by atoms with E-state index >= 15 is 0 Å². The summed E-state index contributed by atoms with van der Waals surface area (Å²) in [4.78, 5) is 29.7. The van der Waals surface area contributed by atoms with E-state index in [4.69, 9.17) is 9.47 Å². The Hall–Kier alpha value is -4.21. The summed E-state index contributed by atoms with van der Waals surface area (Å²) in [6.07, 6.45) is 5.15. The van der Waals surface area contributed by atoms with E-state index < -0.39 is 5.82 Å². The number of fused-ring (bicyclic) bond motifs is 4. The number of pyridine rings is 1. The maximum absolute atomic E-state index is 14.4. The molecule has 0 radical (unpaired) electrons. The third-order valence-corrected chi connectivity index (χ3v) is 6.56. The first kappa shape index (κ1) is 20.4. The van der Waals surface area contributed by atoms with Gasteiger partial charge in [-0.05, 0) is 31.0 Å². The SMILES string of the molecule is COc1ncc2nccc(-c3[nH]c4c(c3Nc3cccc(F)c3OC)C(=O)NC3CCC43)c2n1. The number of H-pyrrole nitrogens is 1. The van der Waals surface area contributed by atoms with Crippen LogP contribution < -0.4 is 20.1 Å². The fourth-order valence-corrected chi connectivity index (χ4v) is 4.79. The van der Waals surface area contributed by atoms with Crippen LogP contribution in [-0.4, -0.2) is 46.1 Å². The van der Waals surface area contributed by atoms with Gasteiger partial charge in [-0.3, -0.25) is 9.78 Å². The normalized spacial score (nSPS) is 18.5. The van der Waals surface area contributed by atoms with Crippen molar-refractivity contribution in [2.24, 2.45) is 0 Å². The highest BCUT2D eigenvalue weighted by Crippen LogP contribution is 2.48. The second-order valence-electron chi connectivity index (χ2n) is 8.32. The van der Waals surface area contributed by atoms with E-state index in [9.17, 15) is 9.18 Å². The summed E-state index contributed by atoms with van der Waals surface area (Å²) < 4.78 is 25.0. The number of amides is 1. The minimum Gasteiger partial charge on any atom is -0.492 e. The molecule has 2 atom stereocenters. The van der Waals surface area contributed by atoms with Gasteiger partial charge in [-0.2, -0.15) is 4.98 Å². The monoisotopic (exact) mass is 460 g/mol. The van der Waals surface area contributed by atoms with Crippen molar-refractivity contribution in [2.45, 2.75) is 24.8 Å². The molecule has 2 aliphatic rings. The molecule has 3 N–H and O–H groups in total. The van der Waals surface area contributed by atoms with Gasteiger partial charge in [0.2, 0.25) is 0 Å². The van der Waals surface area contributed by atoms with Gasteiger partial charge in [0.05, 0.1) is 43.0 Å². The number of hydrogen-bond acceptors (Lipinski definition) is 7. The number of benzene rings is 1. The Kier molecular flexibility index (Phi) is 4.61. The third-order valence-electron chi connectivity index (χ3n) is 6.56. The summed E-state index contributed by atoms with van der Waals surface area (Å²) in [5.41, 5.74) is 4.78. The number of carbonyl (C=O) groups is 1. The average molecular weight is 460 g/mol. The van der Waals surface area contributed by atoms with E-state index in [1.54, 1.807) is 24.5 Å². The van der Waals surface area contributed by atoms with Crippen LogP contribution in [0.5, 0.6) is 11.8 Å². The van der Waals surface area contributed by atoms with Crippen molar-refractivity contribution in [1.29, 1.82) is 0 Å². The largest absolute Gasteiger partial charge is 0.492 e. The molecule has 1 aliphatic heterocycles. The van der Waals surface area contributed by atoms with E-state index in [1.165, 1.54) is 20.3 Å². The van der Waals surface area contributed by atoms with Gasteiger partial charge in [0.1, 0.15) is 11.0 Å². The Morgan fingerprint density at radius 3 is 2.79 bits per heavy atom. The highest BCUT2D eigenvalue weighted by Gasteiger charge is 2.43. The zero-order chi connectivity index (χ0) is 23.4. The second-order valence-corrected chi connectivity index (χ2v) is 8.32. The number of nitrogens with zero attached hydrogens (tertiary/aromatic N) is 3. The Bertz CT molecular complexity index is 1450. The minimum absolute atomic E-state index is 0.0599. The van der Waals surface area contributed by atoms with Crippen LogP contribution >= 0.6 is 0 Å². The molecule has 4 heterocycles. The number of rotatable bonds is 5. The molecule has 10 heteroatoms. The number of anilines is 2. The van der Waals surface area contributed by atoms with Crippen molar-refractivity contribution < 1.29 is 18.7 Å². The first-order chi connectivity index (χ1) is 16.6. The molecular formula is C24H21FN6O3. The predicted molar refractivity (Wildman–Crippen MR) is 123 cm³/mol. The summed E-state index contributed by atoms with van der Waals surface area (Å²) in [5.74, 6) is -0.436. The van der Waals surface area contributed by atoms with Gasteiger partial charge >= 0.3 is 6.01 Å². The number of aromatic nitrogens is 4. The van der Waals surface area contributed by atoms with Crippen LogP contribution in [0.25, 0.3) is 22.3 Å². The molecule has 6 rings (SSSR count). The second kappa shape index (κ2) is 7.68. The molecule has 2 unspecified atom stereocenters. The number of para-hydroxylation sites is 1. The molecule has 1 amide bonds. The standard InChI is InChI=1S/C24H21FN6O3/c1-33-22-13(25)4-3-5-15(22)28-21-17-19(11-6-7-14(11)29-23(17)32)30-20(21)12-8-9-26-16-10-27-24(34-2)31-18(12)16/h3-5,8-11,14,28,30H,6-7H2,1-2H3,(H,29,32). The average Bonchev–Trinajstić information content (AvgIpc) is 3.19. The number of carbonyl (C=O) groups excluding carboxylic acids is 1. The quantitative estimate of drug-likeness (QED) is 0.414. The molecule has 1 aromatic carbocycles. The first-order valence-electron chi connectivity index (χ1n) is 10.9. The number of nitrogens with one attached hydrogen (secondary N) is 3. The van der Waals surface area contributed by atoms with Gasteiger partial charge in [-0.1, -0.05) is 6.07 Å². The lowest BCUT2D eigenvalue weighted by Gasteiger charge is -2.40. The molecule has 3 aromatic heterocycles. The van der Waals surface area contributed by atoms with E-state index in [0.717, 1.165) is 18.5 Å². The Balaban J connectivity index is 1.60. The lowest BCUT2D eigenvalue weighted by Crippen LogP contribution is -2.49. The van der Waals surface area contributed by atoms with Crippen LogP contribution in [0.1, 0.15) is 34.8 Å². The summed E-state index contributed by atoms with van der Waals surface area (Å²) in [5, 5.41) is 6.37. The number of aromatic amines is 1. The molecule has 0 saturated heterocycles. The molecule has 0 bridgehead atoms. The highest BCUT2D eigenvalue weighted by molar-refractivity contribution is 6.08. The fraction of sp³-hybridized carbons (Fsp3) is 0.250. The summed E-state index contributed by atoms with van der Waals surface area (Å²) in [6, 6.07) is 6.74. The molecule has 172 valence electrons. The first-order valence-corrected chi connectivity index (χ1v) is 10.9. The molecule has 4 aromatic rings. The number of halogens is 1. The van der Waals surface area contributed by atoms with E-state index in [0.29, 0.717) is 39.2 Å². The number of ether oxygens (including phenoxy) is 2. The van der Waals surface area contributed by atoms with Crippen LogP contribution in [0.15, 0.2) is 36.7 Å². The Morgan fingerprint density at radius 2 is 2.03 bits per heavy atom. The lowest BCUT2D eigenvalue weighted by molar-refractivity contribution is 0.0878. The molecule has 1 aliphatic carbocycles. The maximum Gasteiger partial charge on any atom is 0.316 e. The lowest BCUT2D eigenvalue weighted by atomic mass is 9.74. The molecule has 34 heavy (non-hydrogen) atoms. The van der Waals surface area contributed by atoms with Crippen molar-refractivity contribution >= 4 is 28.3 Å². The van der Waals surface area contributed by atoms with Crippen molar-refractivity contribution in [3.63, 3.8) is 0 Å². The Labute approximate surface area is 193 Å². The van der Waals surface area contributed by atoms with E-state index in [2.05, 4.69) is 30.6 Å². The highest BCUT2D eigenvalue weighted by atomic mass is 19.1. The maximum atomic E-state index is 14.4. The molecule has 1 fully saturated rings. The molecule has 0 spiro atoms. The van der Waals surface area contributed by atoms with Crippen LogP contribution in [0.4, 0.5) is 15.8 Å². The van der Waals surface area contributed by atoms with Crippen molar-refractivity contribution in [1.82, 2.24) is 25.3 Å². The predicted octanol–water partition coefficient (Wildman–Crippen LogP) is 3.91. The molecular weight excluding hydrogens is 439 g/mol. The van der Waals surface area contributed by atoms with Crippen molar-refractivity contribution in [2.75, 3.05) is 19.5 Å². The smallest absolute Gasteiger partial charge is 0.316 e. The van der Waals surface area contributed by atoms with Gasteiger partial charge in [0.25, 0.3) is 5.91 Å². The summed E-state index contributed by atoms with van der Waals surface area (Å²) in [6.45, 7) is 0. The molecule has 9 nitrogen and oxygen atoms in total. The van der Waals surface area contributed by atoms with Crippen molar-refractivity contribution in [3.8, 4) is 23.0 Å². The summed E-state index contributed by atoms with van der Waals surface area (Å²) in [7, 11) is 2.90. The van der Waals surface area contributed by atoms with Crippen LogP contribution in [0.3, 0.4) is 0 Å². The minimum atomic E-state index is -0.506. The number of methoxy groups -OCH3 is 2. The van der Waals surface area contributed by atoms with Crippen LogP contribution in [0.2, 0.25) is 0 Å². The van der Waals surface area contributed by atoms with Gasteiger partial charge in [0, 0.05) is 29.4 Å². The molecule has 1 saturated carbocycles. The van der Waals surface area contributed by atoms with Gasteiger partial charge in [-0.25, -0.2) is 9.37 Å². The Morgan fingerprint density at radius 1 is 1.15 bits per heavy atom. The topological polar surface area (TPSA) is 114 Å². The third kappa shape index (κ3) is 2.98. The van der Waals surface area contributed by atoms with Crippen LogP contribution in [0, 0.1) is 5.82 Å². The zero-order valence-electron chi connectivity index (χ0n) is 18.5. The number of hydrogen-bond donors (Lipinski definition) is 3. The summed E-state index contributed by atoms with van der Waals surface area (Å²) >= 11 is 0. The zero-order valence-corrected chi connectivity index (χ0v) is 18.5. The van der Waals surface area contributed by atoms with E-state index in [1.807, 2.05) is 6.07 Å².